The molecule has 22 heavy (non-hydrogen) atoms. The lowest BCUT2D eigenvalue weighted by atomic mass is 10.0. The first-order valence-electron chi connectivity index (χ1n) is 7.82. The number of hydrogen-bond donors (Lipinski definition) is 1. The maximum atomic E-state index is 12.4. The third-order valence-corrected chi connectivity index (χ3v) is 4.69. The molecule has 6 nitrogen and oxygen atoms in total. The van der Waals surface area contributed by atoms with Crippen LogP contribution in [0.15, 0.2) is 4.79 Å². The summed E-state index contributed by atoms with van der Waals surface area (Å²) in [5.74, 6) is -0.305. The molecule has 2 rings (SSSR count). The van der Waals surface area contributed by atoms with Crippen LogP contribution in [0.25, 0.3) is 0 Å². The minimum absolute atomic E-state index is 0.198. The van der Waals surface area contributed by atoms with E-state index in [1.165, 1.54) is 17.5 Å². The van der Waals surface area contributed by atoms with Gasteiger partial charge in [0.05, 0.1) is 5.69 Å². The number of carbonyl (C=O) groups excluding carboxylic acids is 1. The molecule has 0 unspecified atom stereocenters. The van der Waals surface area contributed by atoms with Crippen LogP contribution in [0, 0.1) is 13.8 Å². The molecule has 0 aliphatic carbocycles. The van der Waals surface area contributed by atoms with Gasteiger partial charge in [-0.15, -0.1) is 0 Å². The summed E-state index contributed by atoms with van der Waals surface area (Å²) in [6, 6.07) is 0. The highest BCUT2D eigenvalue weighted by molar-refractivity contribution is 5.95. The monoisotopic (exact) mass is 306 g/mol. The van der Waals surface area contributed by atoms with Crippen LogP contribution in [0.4, 0.5) is 0 Å². The zero-order chi connectivity index (χ0) is 16.5. The summed E-state index contributed by atoms with van der Waals surface area (Å²) in [6.07, 6.45) is 2.38. The number of hydrogen-bond acceptors (Lipinski definition) is 4. The van der Waals surface area contributed by atoms with E-state index in [1.54, 1.807) is 20.9 Å². The number of aryl methyl sites for hydroxylation is 2. The van der Waals surface area contributed by atoms with Gasteiger partial charge in [0.2, 0.25) is 0 Å². The van der Waals surface area contributed by atoms with E-state index in [0.29, 0.717) is 17.8 Å². The maximum absolute atomic E-state index is 12.4. The average molecular weight is 306 g/mol. The van der Waals surface area contributed by atoms with Crippen LogP contribution in [0.2, 0.25) is 0 Å². The molecule has 0 aromatic carbocycles. The average Bonchev–Trinajstić information content (AvgIpc) is 2.76. The lowest BCUT2D eigenvalue weighted by molar-refractivity contribution is 0.0937. The third kappa shape index (κ3) is 3.21. The maximum Gasteiger partial charge on any atom is 0.279 e. The number of amides is 1. The van der Waals surface area contributed by atoms with Gasteiger partial charge in [-0.05, 0) is 52.6 Å². The quantitative estimate of drug-likeness (QED) is 0.901. The van der Waals surface area contributed by atoms with Gasteiger partial charge in [0.1, 0.15) is 5.56 Å². The van der Waals surface area contributed by atoms with Gasteiger partial charge >= 0.3 is 0 Å². The lowest BCUT2D eigenvalue weighted by Crippen LogP contribution is -2.44. The Balaban J connectivity index is 2.03. The van der Waals surface area contributed by atoms with E-state index in [2.05, 4.69) is 29.2 Å². The fourth-order valence-corrected chi connectivity index (χ4v) is 3.09. The minimum atomic E-state index is -0.345. The first-order valence-corrected chi connectivity index (χ1v) is 7.82. The van der Waals surface area contributed by atoms with E-state index in [-0.39, 0.29) is 22.6 Å². The third-order valence-electron chi connectivity index (χ3n) is 4.69. The van der Waals surface area contributed by atoms with E-state index >= 15 is 0 Å². The van der Waals surface area contributed by atoms with Crippen LogP contribution in [0.5, 0.6) is 0 Å². The summed E-state index contributed by atoms with van der Waals surface area (Å²) >= 11 is 0. The van der Waals surface area contributed by atoms with Crippen molar-refractivity contribution in [3.8, 4) is 0 Å². The Kier molecular flexibility index (Phi) is 4.70. The van der Waals surface area contributed by atoms with E-state index in [9.17, 15) is 9.59 Å². The van der Waals surface area contributed by atoms with Crippen LogP contribution < -0.4 is 10.9 Å². The van der Waals surface area contributed by atoms with Crippen molar-refractivity contribution in [2.75, 3.05) is 19.6 Å². The van der Waals surface area contributed by atoms with Crippen molar-refractivity contribution < 1.29 is 4.79 Å². The molecule has 0 spiro atoms. The van der Waals surface area contributed by atoms with Gasteiger partial charge in [-0.25, -0.2) is 4.68 Å². The van der Waals surface area contributed by atoms with Gasteiger partial charge < -0.3 is 5.32 Å². The number of rotatable bonds is 4. The fraction of sp³-hybridized carbons (Fsp3) is 0.688. The number of aromatic nitrogens is 2. The van der Waals surface area contributed by atoms with Crippen LogP contribution in [0.3, 0.4) is 0 Å². The van der Waals surface area contributed by atoms with Gasteiger partial charge in [-0.1, -0.05) is 0 Å². The molecule has 6 heteroatoms. The summed E-state index contributed by atoms with van der Waals surface area (Å²) in [7, 11) is 1.57. The molecule has 1 fully saturated rings. The predicted octanol–water partition coefficient (Wildman–Crippen LogP) is 1.00. The molecule has 1 aliphatic heterocycles. The molecule has 2 heterocycles. The smallest absolute Gasteiger partial charge is 0.279 e. The molecule has 1 saturated heterocycles. The fourth-order valence-electron chi connectivity index (χ4n) is 3.09. The summed E-state index contributed by atoms with van der Waals surface area (Å²) in [6.45, 7) is 10.5. The van der Waals surface area contributed by atoms with Gasteiger partial charge in [0.15, 0.2) is 0 Å². The Morgan fingerprint density at radius 2 is 2.05 bits per heavy atom. The molecule has 1 aromatic rings. The topological polar surface area (TPSA) is 67.2 Å². The Labute approximate surface area is 131 Å². The summed E-state index contributed by atoms with van der Waals surface area (Å²) in [4.78, 5) is 26.9. The van der Waals surface area contributed by atoms with Crippen molar-refractivity contribution in [2.45, 2.75) is 46.1 Å². The summed E-state index contributed by atoms with van der Waals surface area (Å²) in [5, 5.41) is 6.97. The molecule has 0 radical (unpaired) electrons. The van der Waals surface area contributed by atoms with Crippen molar-refractivity contribution in [1.29, 1.82) is 0 Å². The van der Waals surface area contributed by atoms with E-state index in [0.717, 1.165) is 13.1 Å². The SMILES string of the molecule is Cc1nn(C)c(=O)c(C(=O)NCCN2CCCC2(C)C)c1C. The van der Waals surface area contributed by atoms with Crippen molar-refractivity contribution in [2.24, 2.45) is 7.05 Å². The Morgan fingerprint density at radius 1 is 1.36 bits per heavy atom. The van der Waals surface area contributed by atoms with Crippen molar-refractivity contribution in [3.05, 3.63) is 27.2 Å². The van der Waals surface area contributed by atoms with Crippen molar-refractivity contribution >= 4 is 5.91 Å². The van der Waals surface area contributed by atoms with Gasteiger partial charge in [0.25, 0.3) is 11.5 Å². The molecule has 0 atom stereocenters. The lowest BCUT2D eigenvalue weighted by Gasteiger charge is -2.31. The van der Waals surface area contributed by atoms with E-state index in [4.69, 9.17) is 0 Å². The first-order chi connectivity index (χ1) is 10.2. The molecular formula is C16H26N4O2. The molecule has 1 aromatic heterocycles. The van der Waals surface area contributed by atoms with Crippen LogP contribution in [0.1, 0.15) is 48.3 Å². The number of carbonyl (C=O) groups is 1. The molecule has 0 saturated carbocycles. The molecule has 1 N–H and O–H groups in total. The van der Waals surface area contributed by atoms with Gasteiger partial charge in [-0.3, -0.25) is 14.5 Å². The van der Waals surface area contributed by atoms with E-state index in [1.807, 2.05) is 0 Å². The van der Waals surface area contributed by atoms with Crippen molar-refractivity contribution in [1.82, 2.24) is 20.0 Å². The summed E-state index contributed by atoms with van der Waals surface area (Å²) in [5.41, 5.74) is 1.41. The van der Waals surface area contributed by atoms with Crippen molar-refractivity contribution in [3.63, 3.8) is 0 Å². The second-order valence-electron chi connectivity index (χ2n) is 6.67. The second-order valence-corrected chi connectivity index (χ2v) is 6.67. The van der Waals surface area contributed by atoms with Crippen LogP contribution in [-0.4, -0.2) is 45.8 Å². The number of nitrogens with one attached hydrogen (secondary N) is 1. The molecule has 0 bridgehead atoms. The van der Waals surface area contributed by atoms with E-state index < -0.39 is 0 Å². The molecular weight excluding hydrogens is 280 g/mol. The Hall–Kier alpha value is -1.69. The zero-order valence-corrected chi connectivity index (χ0v) is 14.2. The molecule has 1 amide bonds. The highest BCUT2D eigenvalue weighted by Crippen LogP contribution is 2.27. The second kappa shape index (κ2) is 6.20. The van der Waals surface area contributed by atoms with Gasteiger partial charge in [-0.2, -0.15) is 5.10 Å². The van der Waals surface area contributed by atoms with Crippen LogP contribution >= 0.6 is 0 Å². The molecule has 1 aliphatic rings. The minimum Gasteiger partial charge on any atom is -0.351 e. The Bertz CT molecular complexity index is 634. The first kappa shape index (κ1) is 16.7. The largest absolute Gasteiger partial charge is 0.351 e. The van der Waals surface area contributed by atoms with Gasteiger partial charge in [0, 0.05) is 25.7 Å². The Morgan fingerprint density at radius 3 is 2.64 bits per heavy atom. The number of likely N-dealkylation sites (tertiary alicyclic amines) is 1. The standard InChI is InChI=1S/C16H26N4O2/c1-11-12(2)18-19(5)15(22)13(11)14(21)17-8-10-20-9-6-7-16(20,3)4/h6-10H2,1-5H3,(H,17,21). The number of nitrogens with zero attached hydrogens (tertiary/aromatic N) is 3. The van der Waals surface area contributed by atoms with Crippen LogP contribution in [-0.2, 0) is 7.05 Å². The normalized spacial score (nSPS) is 17.7. The predicted molar refractivity (Wildman–Crippen MR) is 86.2 cm³/mol. The summed E-state index contributed by atoms with van der Waals surface area (Å²) < 4.78 is 1.22. The highest BCUT2D eigenvalue weighted by atomic mass is 16.2. The zero-order valence-electron chi connectivity index (χ0n) is 14.2. The molecule has 122 valence electrons. The highest BCUT2D eigenvalue weighted by Gasteiger charge is 2.31.